The lowest BCUT2D eigenvalue weighted by Crippen LogP contribution is -2.14. The number of ether oxygens (including phenoxy) is 10. The molecule has 0 fully saturated rings. The molecule has 0 saturated carbocycles. The zero-order valence-electron chi connectivity index (χ0n) is 51.3. The van der Waals surface area contributed by atoms with Crippen LogP contribution < -0.4 is 10.9 Å². The molecule has 1 atom stereocenters. The van der Waals surface area contributed by atoms with Gasteiger partial charge in [0.1, 0.15) is 11.5 Å². The van der Waals surface area contributed by atoms with E-state index in [1.807, 2.05) is 0 Å². The van der Waals surface area contributed by atoms with Crippen molar-refractivity contribution in [3.8, 4) is 45.6 Å². The summed E-state index contributed by atoms with van der Waals surface area (Å²) < 4.78 is 79.8. The van der Waals surface area contributed by atoms with E-state index < -0.39 is 36.4 Å². The molecule has 2 heterocycles. The minimum Gasteiger partial charge on any atom is -0.504 e. The maximum atomic E-state index is 12.5. The second-order valence-electron chi connectivity index (χ2n) is 18.2. The number of phenols is 4. The first-order chi connectivity index (χ1) is 44.4. The molecule has 6 rings (SSSR count). The Bertz CT molecular complexity index is 3290. The van der Waals surface area contributed by atoms with Crippen molar-refractivity contribution >= 4 is 70.6 Å². The number of aliphatic hydroxyl groups excluding tert-OH is 2. The van der Waals surface area contributed by atoms with Gasteiger partial charge in [-0.3, -0.25) is 19.2 Å². The van der Waals surface area contributed by atoms with Crippen LogP contribution in [0.2, 0.25) is 0 Å². The lowest BCUT2D eigenvalue weighted by molar-refractivity contribution is -0.0129. The third-order valence-electron chi connectivity index (χ3n) is 11.9. The molecular formula is C60H82O28P2S2. The highest BCUT2D eigenvalue weighted by Crippen LogP contribution is 2.43. The molecule has 0 aliphatic rings. The predicted molar refractivity (Wildman–Crippen MR) is 344 cm³/mol. The summed E-state index contributed by atoms with van der Waals surface area (Å²) in [6.07, 6.45) is 0.369. The number of Topliss-reactive ketones (excluding diaryl/α,β-unsaturated/α-hetero) is 2. The molecule has 0 bridgehead atoms. The molecule has 92 heavy (non-hydrogen) atoms. The number of aliphatic hydroxyl groups is 2. The monoisotopic (exact) mass is 1380 g/mol. The van der Waals surface area contributed by atoms with Crippen LogP contribution in [0.5, 0.6) is 23.0 Å². The Hall–Kier alpha value is -5.58. The van der Waals surface area contributed by atoms with Gasteiger partial charge in [-0.15, -0.1) is 0 Å². The average molecular weight is 1380 g/mol. The highest BCUT2D eigenvalue weighted by Gasteiger charge is 2.17. The van der Waals surface area contributed by atoms with Crippen LogP contribution in [0.1, 0.15) is 40.5 Å². The van der Waals surface area contributed by atoms with E-state index in [-0.39, 0.29) is 115 Å². The molecule has 6 aromatic rings. The zero-order chi connectivity index (χ0) is 67.6. The number of rotatable bonds is 44. The van der Waals surface area contributed by atoms with Gasteiger partial charge in [0, 0.05) is 61.4 Å². The number of hydrogen-bond acceptors (Lipinski definition) is 27. The maximum absolute atomic E-state index is 12.5. The summed E-state index contributed by atoms with van der Waals surface area (Å²) >= 11 is 9.10. The van der Waals surface area contributed by atoms with Gasteiger partial charge in [0.25, 0.3) is 0 Å². The Morgan fingerprint density at radius 1 is 0.402 bits per heavy atom. The van der Waals surface area contributed by atoms with E-state index in [1.165, 1.54) is 36.4 Å². The van der Waals surface area contributed by atoms with E-state index in [2.05, 4.69) is 16.3 Å². The highest BCUT2D eigenvalue weighted by atomic mass is 32.5. The van der Waals surface area contributed by atoms with Gasteiger partial charge in [0.2, 0.25) is 11.5 Å². The highest BCUT2D eigenvalue weighted by molar-refractivity contribution is 8.07. The normalized spacial score (nSPS) is 11.9. The van der Waals surface area contributed by atoms with Crippen molar-refractivity contribution < 1.29 is 125 Å². The number of benzene rings is 4. The van der Waals surface area contributed by atoms with E-state index in [1.54, 1.807) is 55.5 Å². The molecule has 0 aliphatic carbocycles. The van der Waals surface area contributed by atoms with Gasteiger partial charge >= 0.3 is 13.4 Å². The maximum Gasteiger partial charge on any atom is 0.324 e. The Morgan fingerprint density at radius 3 is 0.978 bits per heavy atom. The van der Waals surface area contributed by atoms with Gasteiger partial charge in [-0.25, -0.2) is 0 Å². The first-order valence-corrected chi connectivity index (χ1v) is 33.8. The Labute approximate surface area is 541 Å². The van der Waals surface area contributed by atoms with Crippen molar-refractivity contribution in [1.29, 1.82) is 0 Å². The fraction of sp³-hybridized carbons (Fsp3) is 0.467. The van der Waals surface area contributed by atoms with Crippen molar-refractivity contribution in [3.05, 3.63) is 117 Å². The zero-order valence-corrected chi connectivity index (χ0v) is 54.7. The molecule has 0 spiro atoms. The van der Waals surface area contributed by atoms with E-state index in [4.69, 9.17) is 97.1 Å². The minimum atomic E-state index is -3.63. The van der Waals surface area contributed by atoms with Crippen LogP contribution in [-0.4, -0.2) is 223 Å². The third-order valence-corrected chi connectivity index (χ3v) is 14.4. The van der Waals surface area contributed by atoms with Gasteiger partial charge in [-0.2, -0.15) is 0 Å². The molecule has 0 amide bonds. The van der Waals surface area contributed by atoms with Crippen LogP contribution in [-0.2, 0) is 84.6 Å². The lowest BCUT2D eigenvalue weighted by atomic mass is 10.0. The second-order valence-corrected chi connectivity index (χ2v) is 23.7. The Morgan fingerprint density at radius 2 is 0.685 bits per heavy atom. The SMILES string of the molecule is CCOP(O)(=S)OCCOCCOCCOCCOCCOCCC(=O)c1ccc(-c2cc(=O)c3ccc(O)c(O)c3o2)cc1.CO.CO.O=C(CCOCCOCCOCCOCCOCCOP(O)(O)=S)c1ccc(-c2cc(=O)c3ccc(O)c(O)c3o2)cc1. The van der Waals surface area contributed by atoms with Crippen molar-refractivity contribution in [1.82, 2.24) is 0 Å². The smallest absolute Gasteiger partial charge is 0.324 e. The Balaban J connectivity index is 0.000000456. The van der Waals surface area contributed by atoms with Crippen LogP contribution in [0.4, 0.5) is 0 Å². The lowest BCUT2D eigenvalue weighted by Gasteiger charge is -2.14. The van der Waals surface area contributed by atoms with E-state index in [0.29, 0.717) is 128 Å². The summed E-state index contributed by atoms with van der Waals surface area (Å²) in [7, 11) is 2.00. The van der Waals surface area contributed by atoms with E-state index >= 15 is 0 Å². The number of carbonyl (C=O) groups excluding carboxylic acids is 2. The van der Waals surface area contributed by atoms with Gasteiger partial charge in [-0.05, 0) is 54.8 Å². The van der Waals surface area contributed by atoms with Gasteiger partial charge in [-0.1, -0.05) is 48.5 Å². The third kappa shape index (κ3) is 31.6. The quantitative estimate of drug-likeness (QED) is 0.00949. The number of aromatic hydroxyl groups is 4. The van der Waals surface area contributed by atoms with E-state index in [9.17, 15) is 44.5 Å². The summed E-state index contributed by atoms with van der Waals surface area (Å²) in [5, 5.41) is 53.8. The predicted octanol–water partition coefficient (Wildman–Crippen LogP) is 5.77. The summed E-state index contributed by atoms with van der Waals surface area (Å²) in [6.45, 7) is 2.37. The molecule has 0 aliphatic heterocycles. The average Bonchev–Trinajstić information content (AvgIpc) is 0.801. The van der Waals surface area contributed by atoms with E-state index in [0.717, 1.165) is 14.2 Å². The van der Waals surface area contributed by atoms with Crippen LogP contribution >= 0.6 is 13.4 Å². The molecule has 28 nitrogen and oxygen atoms in total. The number of fused-ring (bicyclic) bond motifs is 2. The second kappa shape index (κ2) is 46.5. The standard InChI is InChI=1S/C30H39O13PS.C28H35O13PS.2CH4O/c1-2-41-44(35,45)42-20-19-40-18-17-39-16-15-38-14-13-37-12-11-36-10-9-25(31)22-3-5-23(6-4-22)28-21-27(33)24-7-8-26(32)29(34)30(24)43-28;29-23(7-8-35-9-10-36-11-12-37-13-14-38-15-16-39-17-18-40-42(33,34)43)20-1-3-21(4-2-20)26-19-25(31)22-5-6-24(30)27(32)28(22)41-26;2*1-2/h3-8,21,32,34H,2,9-20H2,1H3,(H,35,45);1-6,19,30,32H,7-18H2,(H2,33,34,43);2*2H,1H3. The topological polar surface area (TPSA) is 397 Å². The van der Waals surface area contributed by atoms with Gasteiger partial charge in [0.05, 0.1) is 163 Å². The first kappa shape index (κ1) is 80.7. The van der Waals surface area contributed by atoms with Crippen molar-refractivity contribution in [2.45, 2.75) is 19.8 Å². The molecule has 4 aromatic carbocycles. The van der Waals surface area contributed by atoms with Gasteiger partial charge < -0.3 is 115 Å². The largest absolute Gasteiger partial charge is 0.504 e. The number of ketones is 2. The Kier molecular flexibility index (Phi) is 40.8. The van der Waals surface area contributed by atoms with Crippen LogP contribution in [0.3, 0.4) is 0 Å². The molecule has 9 N–H and O–H groups in total. The van der Waals surface area contributed by atoms with Crippen LogP contribution in [0, 0.1) is 0 Å². The number of hydrogen-bond donors (Lipinski definition) is 9. The molecule has 0 saturated heterocycles. The molecule has 2 aromatic heterocycles. The molecule has 0 radical (unpaired) electrons. The first-order valence-electron chi connectivity index (χ1n) is 28.6. The molecule has 32 heteroatoms. The van der Waals surface area contributed by atoms with Crippen LogP contribution in [0.25, 0.3) is 44.6 Å². The number of carbonyl (C=O) groups is 2. The van der Waals surface area contributed by atoms with Gasteiger partial charge in [0.15, 0.2) is 45.1 Å². The van der Waals surface area contributed by atoms with Crippen molar-refractivity contribution in [3.63, 3.8) is 0 Å². The fourth-order valence-electron chi connectivity index (χ4n) is 7.52. The minimum absolute atomic E-state index is 0.00539. The molecule has 512 valence electrons. The summed E-state index contributed by atoms with van der Waals surface area (Å²) in [4.78, 5) is 77.2. The fourth-order valence-corrected chi connectivity index (χ4v) is 9.30. The number of phenolic OH excluding ortho intramolecular Hbond substituents is 4. The summed E-state index contributed by atoms with van der Waals surface area (Å²) in [5.74, 6) is -1.63. The summed E-state index contributed by atoms with van der Waals surface area (Å²) in [5.41, 5.74) is 1.06. The van der Waals surface area contributed by atoms with Crippen molar-refractivity contribution in [2.24, 2.45) is 0 Å². The molecule has 1 unspecified atom stereocenters. The van der Waals surface area contributed by atoms with Crippen molar-refractivity contribution in [2.75, 3.05) is 166 Å². The summed E-state index contributed by atoms with van der Waals surface area (Å²) in [6, 6.07) is 20.8. The van der Waals surface area contributed by atoms with Crippen LogP contribution in [0.15, 0.2) is 103 Å². The molecular weight excluding hydrogens is 1290 g/mol.